The maximum atomic E-state index is 15.6. The van der Waals surface area contributed by atoms with Crippen molar-refractivity contribution in [3.8, 4) is 0 Å². The zero-order valence-electron chi connectivity index (χ0n) is 26.2. The first-order valence-corrected chi connectivity index (χ1v) is 17.3. The van der Waals surface area contributed by atoms with E-state index in [0.717, 1.165) is 51.6 Å². The lowest BCUT2D eigenvalue weighted by atomic mass is 9.76. The lowest BCUT2D eigenvalue weighted by Crippen LogP contribution is -2.77. The van der Waals surface area contributed by atoms with Crippen molar-refractivity contribution in [1.82, 2.24) is 36.0 Å². The molecule has 1 saturated carbocycles. The van der Waals surface area contributed by atoms with Gasteiger partial charge in [-0.1, -0.05) is 12.8 Å². The van der Waals surface area contributed by atoms with Gasteiger partial charge in [-0.3, -0.25) is 25.1 Å². The average Bonchev–Trinajstić information content (AvgIpc) is 3.54. The van der Waals surface area contributed by atoms with E-state index in [9.17, 15) is 14.0 Å². The standard InChI is InChI=1S/C31H55F2N9O2/c32-22-16-37-31(38-17-22,21-4-1-2-5-21)26(28(34)35)29(43)39-25-19-36-18-24(33)27(25)41-12-6-20(7-13-41)30(44)42-14-8-23(9-15-42)40-10-3-11-40/h20-28,36-38H,1-19,34-35H2,(H,39,43)/t22?,24?,25?,26-,27?,31?/m0/s1. The third-order valence-corrected chi connectivity index (χ3v) is 11.7. The monoisotopic (exact) mass is 623 g/mol. The minimum absolute atomic E-state index is 0.0340. The Hall–Kier alpha value is -1.48. The van der Waals surface area contributed by atoms with E-state index in [-0.39, 0.29) is 43.3 Å². The van der Waals surface area contributed by atoms with Gasteiger partial charge in [0.15, 0.2) is 0 Å². The molecular formula is C31H55F2N9O2. The number of alkyl halides is 2. The van der Waals surface area contributed by atoms with Crippen molar-refractivity contribution in [1.29, 1.82) is 0 Å². The molecule has 0 radical (unpaired) electrons. The number of piperidine rings is 3. The molecular weight excluding hydrogens is 568 g/mol. The van der Waals surface area contributed by atoms with Crippen LogP contribution in [0.1, 0.15) is 57.8 Å². The molecule has 6 fully saturated rings. The molecule has 1 aliphatic carbocycles. The summed E-state index contributed by atoms with van der Waals surface area (Å²) >= 11 is 0. The van der Waals surface area contributed by atoms with Gasteiger partial charge in [-0.25, -0.2) is 8.78 Å². The van der Waals surface area contributed by atoms with Gasteiger partial charge in [-0.15, -0.1) is 0 Å². The van der Waals surface area contributed by atoms with Crippen molar-refractivity contribution >= 4 is 11.8 Å². The van der Waals surface area contributed by atoms with E-state index in [2.05, 4.69) is 36.0 Å². The van der Waals surface area contributed by atoms with Crippen LogP contribution in [0.3, 0.4) is 0 Å². The van der Waals surface area contributed by atoms with Crippen molar-refractivity contribution in [2.45, 2.75) is 100 Å². The molecule has 250 valence electrons. The van der Waals surface area contributed by atoms with E-state index < -0.39 is 42.2 Å². The number of hydrogen-bond donors (Lipinski definition) is 6. The fraction of sp³-hybridized carbons (Fsp3) is 0.935. The van der Waals surface area contributed by atoms with Crippen LogP contribution in [-0.2, 0) is 9.59 Å². The molecule has 5 saturated heterocycles. The maximum absolute atomic E-state index is 15.6. The molecule has 3 unspecified atom stereocenters. The van der Waals surface area contributed by atoms with Crippen molar-refractivity contribution in [3.05, 3.63) is 0 Å². The topological polar surface area (TPSA) is 144 Å². The number of rotatable bonds is 8. The molecule has 8 N–H and O–H groups in total. The number of amides is 2. The first-order chi connectivity index (χ1) is 21.3. The van der Waals surface area contributed by atoms with E-state index >= 15 is 4.39 Å². The van der Waals surface area contributed by atoms with Crippen LogP contribution in [0.5, 0.6) is 0 Å². The number of likely N-dealkylation sites (tertiary alicyclic amines) is 3. The Kier molecular flexibility index (Phi) is 10.4. The Labute approximate surface area is 260 Å². The summed E-state index contributed by atoms with van der Waals surface area (Å²) in [4.78, 5) is 34.2. The lowest BCUT2D eigenvalue weighted by Gasteiger charge is -2.51. The Balaban J connectivity index is 1.08. The van der Waals surface area contributed by atoms with Crippen LogP contribution in [-0.4, -0.2) is 134 Å². The van der Waals surface area contributed by atoms with Gasteiger partial charge in [0.2, 0.25) is 11.8 Å². The smallest absolute Gasteiger partial charge is 0.229 e. The summed E-state index contributed by atoms with van der Waals surface area (Å²) in [5.41, 5.74) is 11.7. The van der Waals surface area contributed by atoms with Crippen LogP contribution in [0.25, 0.3) is 0 Å². The second-order valence-electron chi connectivity index (χ2n) is 14.3. The van der Waals surface area contributed by atoms with Crippen LogP contribution in [0.2, 0.25) is 0 Å². The Morgan fingerprint density at radius 3 is 2.05 bits per heavy atom. The minimum atomic E-state index is -1.17. The zero-order valence-corrected chi connectivity index (χ0v) is 26.2. The van der Waals surface area contributed by atoms with Crippen molar-refractivity contribution in [2.24, 2.45) is 29.2 Å². The van der Waals surface area contributed by atoms with Crippen molar-refractivity contribution in [3.63, 3.8) is 0 Å². The van der Waals surface area contributed by atoms with Gasteiger partial charge in [0.25, 0.3) is 0 Å². The number of carbonyl (C=O) groups is 2. The van der Waals surface area contributed by atoms with Crippen molar-refractivity contribution < 1.29 is 18.4 Å². The number of nitrogens with zero attached hydrogens (tertiary/aromatic N) is 3. The van der Waals surface area contributed by atoms with Gasteiger partial charge in [0, 0.05) is 51.2 Å². The molecule has 6 rings (SSSR count). The van der Waals surface area contributed by atoms with E-state index in [4.69, 9.17) is 11.5 Å². The molecule has 2 amide bonds. The quantitative estimate of drug-likeness (QED) is 0.197. The van der Waals surface area contributed by atoms with E-state index in [1.165, 1.54) is 19.5 Å². The molecule has 5 heterocycles. The first-order valence-electron chi connectivity index (χ1n) is 17.3. The summed E-state index contributed by atoms with van der Waals surface area (Å²) in [6.45, 7) is 6.19. The molecule has 4 atom stereocenters. The van der Waals surface area contributed by atoms with Crippen molar-refractivity contribution in [2.75, 3.05) is 65.4 Å². The highest BCUT2D eigenvalue weighted by Gasteiger charge is 2.53. The number of halogens is 2. The largest absolute Gasteiger partial charge is 0.350 e. The van der Waals surface area contributed by atoms with Gasteiger partial charge >= 0.3 is 0 Å². The van der Waals surface area contributed by atoms with Crippen LogP contribution < -0.4 is 32.7 Å². The summed E-state index contributed by atoms with van der Waals surface area (Å²) in [5.74, 6) is -0.881. The van der Waals surface area contributed by atoms with Crippen LogP contribution in [0, 0.1) is 17.8 Å². The van der Waals surface area contributed by atoms with E-state index in [1.807, 2.05) is 0 Å². The molecule has 13 heteroatoms. The van der Waals surface area contributed by atoms with Gasteiger partial charge in [0.1, 0.15) is 12.3 Å². The third-order valence-electron chi connectivity index (χ3n) is 11.7. The predicted molar refractivity (Wildman–Crippen MR) is 165 cm³/mol. The predicted octanol–water partition coefficient (Wildman–Crippen LogP) is -0.533. The van der Waals surface area contributed by atoms with Crippen LogP contribution in [0.4, 0.5) is 8.78 Å². The van der Waals surface area contributed by atoms with Crippen LogP contribution in [0.15, 0.2) is 0 Å². The lowest BCUT2D eigenvalue weighted by molar-refractivity contribution is -0.139. The first kappa shape index (κ1) is 32.5. The molecule has 0 spiro atoms. The number of nitrogens with one attached hydrogen (secondary N) is 4. The third kappa shape index (κ3) is 6.65. The number of hydrogen-bond acceptors (Lipinski definition) is 9. The summed E-state index contributed by atoms with van der Waals surface area (Å²) in [6.07, 6.45) is 5.45. The molecule has 44 heavy (non-hydrogen) atoms. The fourth-order valence-electron chi connectivity index (χ4n) is 9.15. The molecule has 11 nitrogen and oxygen atoms in total. The van der Waals surface area contributed by atoms with Gasteiger partial charge in [0.05, 0.1) is 29.8 Å². The molecule has 0 aromatic heterocycles. The Bertz CT molecular complexity index is 973. The Morgan fingerprint density at radius 2 is 1.45 bits per heavy atom. The highest BCUT2D eigenvalue weighted by atomic mass is 19.1. The fourth-order valence-corrected chi connectivity index (χ4v) is 9.15. The minimum Gasteiger partial charge on any atom is -0.350 e. The number of nitrogens with two attached hydrogens (primary N) is 2. The number of carbonyl (C=O) groups excluding carboxylic acids is 2. The second kappa shape index (κ2) is 14.1. The second-order valence-corrected chi connectivity index (χ2v) is 14.3. The normalized spacial score (nSPS) is 36.3. The van der Waals surface area contributed by atoms with Crippen LogP contribution >= 0.6 is 0 Å². The molecule has 0 aromatic rings. The summed E-state index contributed by atoms with van der Waals surface area (Å²) < 4.78 is 29.9. The Morgan fingerprint density at radius 1 is 0.795 bits per heavy atom. The summed E-state index contributed by atoms with van der Waals surface area (Å²) in [7, 11) is 0. The molecule has 6 aliphatic rings. The van der Waals surface area contributed by atoms with Gasteiger partial charge in [-0.2, -0.15) is 0 Å². The SMILES string of the molecule is NC(N)[C@@H](C(=O)NC1CNCC(F)C1N1CCC(C(=O)N2CCC(N3CCC3)CC2)CC1)C1(C2CCCC2)NCC(F)CN1. The van der Waals surface area contributed by atoms with Gasteiger partial charge < -0.3 is 31.9 Å². The maximum Gasteiger partial charge on any atom is 0.229 e. The molecule has 0 bridgehead atoms. The zero-order chi connectivity index (χ0) is 30.8. The average molecular weight is 624 g/mol. The highest BCUT2D eigenvalue weighted by molar-refractivity contribution is 5.81. The highest BCUT2D eigenvalue weighted by Crippen LogP contribution is 2.39. The summed E-state index contributed by atoms with van der Waals surface area (Å²) in [5, 5.41) is 12.9. The van der Waals surface area contributed by atoms with E-state index in [0.29, 0.717) is 38.5 Å². The van der Waals surface area contributed by atoms with E-state index in [1.54, 1.807) is 0 Å². The summed E-state index contributed by atoms with van der Waals surface area (Å²) in [6, 6.07) is -0.378. The van der Waals surface area contributed by atoms with Gasteiger partial charge in [-0.05, 0) is 77.0 Å². The molecule has 0 aromatic carbocycles. The molecule has 5 aliphatic heterocycles.